The van der Waals surface area contributed by atoms with Gasteiger partial charge in [-0.25, -0.2) is 8.78 Å². The molecule has 2 N–H and O–H groups in total. The van der Waals surface area contributed by atoms with E-state index in [0.29, 0.717) is 11.3 Å². The number of rotatable bonds is 5. The van der Waals surface area contributed by atoms with Crippen molar-refractivity contribution < 1.29 is 23.4 Å². The fourth-order valence-corrected chi connectivity index (χ4v) is 1.91. The Hall–Kier alpha value is -2.47. The lowest BCUT2D eigenvalue weighted by Crippen LogP contribution is -2.29. The van der Waals surface area contributed by atoms with E-state index in [0.717, 1.165) is 6.07 Å². The summed E-state index contributed by atoms with van der Waals surface area (Å²) in [7, 11) is 1.53. The summed E-state index contributed by atoms with van der Waals surface area (Å²) in [4.78, 5) is 11.8. The molecule has 0 saturated heterocycles. The standard InChI is InChI=1S/C16H15F2NO3/c1-22-11-7-5-10(6-8-11)14(20)9-19-16(21)12-3-2-4-13(17)15(12)18/h2-8,14,20H,9H2,1H3,(H,19,21)/t14-/m1/s1. The van der Waals surface area contributed by atoms with Gasteiger partial charge in [-0.3, -0.25) is 4.79 Å². The van der Waals surface area contributed by atoms with E-state index in [9.17, 15) is 18.7 Å². The van der Waals surface area contributed by atoms with Crippen LogP contribution in [-0.4, -0.2) is 24.7 Å². The highest BCUT2D eigenvalue weighted by Gasteiger charge is 2.16. The van der Waals surface area contributed by atoms with E-state index < -0.39 is 29.2 Å². The summed E-state index contributed by atoms with van der Waals surface area (Å²) in [5, 5.41) is 12.3. The van der Waals surface area contributed by atoms with Crippen molar-refractivity contribution in [3.05, 3.63) is 65.2 Å². The van der Waals surface area contributed by atoms with Crippen molar-refractivity contribution >= 4 is 5.91 Å². The van der Waals surface area contributed by atoms with E-state index >= 15 is 0 Å². The molecule has 0 unspecified atom stereocenters. The van der Waals surface area contributed by atoms with Crippen LogP contribution in [0.4, 0.5) is 8.78 Å². The number of hydrogen-bond donors (Lipinski definition) is 2. The van der Waals surface area contributed by atoms with E-state index in [1.54, 1.807) is 24.3 Å². The Labute approximate surface area is 126 Å². The Balaban J connectivity index is 1.99. The van der Waals surface area contributed by atoms with E-state index in [2.05, 4.69) is 5.32 Å². The van der Waals surface area contributed by atoms with Crippen molar-refractivity contribution in [2.75, 3.05) is 13.7 Å². The molecule has 116 valence electrons. The van der Waals surface area contributed by atoms with Crippen LogP contribution < -0.4 is 10.1 Å². The first kappa shape index (κ1) is 15.9. The highest BCUT2D eigenvalue weighted by molar-refractivity contribution is 5.94. The minimum absolute atomic E-state index is 0.124. The topological polar surface area (TPSA) is 58.6 Å². The molecule has 1 atom stereocenters. The number of methoxy groups -OCH3 is 1. The number of aliphatic hydroxyl groups is 1. The summed E-state index contributed by atoms with van der Waals surface area (Å²) in [6.45, 7) is -0.124. The van der Waals surface area contributed by atoms with Crippen LogP contribution in [0.1, 0.15) is 22.0 Å². The maximum Gasteiger partial charge on any atom is 0.254 e. The zero-order chi connectivity index (χ0) is 16.1. The molecule has 0 heterocycles. The predicted octanol–water partition coefficient (Wildman–Crippen LogP) is 2.44. The fraction of sp³-hybridized carbons (Fsp3) is 0.188. The number of ether oxygens (including phenoxy) is 1. The molecule has 22 heavy (non-hydrogen) atoms. The molecule has 1 amide bonds. The third-order valence-electron chi connectivity index (χ3n) is 3.15. The number of carbonyl (C=O) groups excluding carboxylic acids is 1. The van der Waals surface area contributed by atoms with Gasteiger partial charge in [0.05, 0.1) is 18.8 Å². The molecular formula is C16H15F2NO3. The summed E-state index contributed by atoms with van der Waals surface area (Å²) >= 11 is 0. The highest BCUT2D eigenvalue weighted by atomic mass is 19.2. The highest BCUT2D eigenvalue weighted by Crippen LogP contribution is 2.17. The molecule has 0 bridgehead atoms. The van der Waals surface area contributed by atoms with Gasteiger partial charge in [-0.1, -0.05) is 18.2 Å². The molecule has 2 aromatic rings. The SMILES string of the molecule is COc1ccc([C@H](O)CNC(=O)c2cccc(F)c2F)cc1. The first-order valence-corrected chi connectivity index (χ1v) is 6.57. The van der Waals surface area contributed by atoms with Crippen LogP contribution >= 0.6 is 0 Å². The molecule has 6 heteroatoms. The molecule has 0 aromatic heterocycles. The van der Waals surface area contributed by atoms with Crippen molar-refractivity contribution in [3.63, 3.8) is 0 Å². The summed E-state index contributed by atoms with van der Waals surface area (Å²) in [6.07, 6.45) is -0.966. The molecule has 0 aliphatic heterocycles. The third-order valence-corrected chi connectivity index (χ3v) is 3.15. The Kier molecular flexibility index (Phi) is 5.06. The summed E-state index contributed by atoms with van der Waals surface area (Å²) in [6, 6.07) is 10.00. The lowest BCUT2D eigenvalue weighted by Gasteiger charge is -2.13. The van der Waals surface area contributed by atoms with Crippen LogP contribution in [0, 0.1) is 11.6 Å². The monoisotopic (exact) mass is 307 g/mol. The minimum Gasteiger partial charge on any atom is -0.497 e. The molecule has 2 rings (SSSR count). The average Bonchev–Trinajstić information content (AvgIpc) is 2.55. The van der Waals surface area contributed by atoms with Crippen molar-refractivity contribution in [1.29, 1.82) is 0 Å². The number of benzene rings is 2. The molecule has 2 aromatic carbocycles. The van der Waals surface area contributed by atoms with Crippen LogP contribution in [-0.2, 0) is 0 Å². The largest absolute Gasteiger partial charge is 0.497 e. The summed E-state index contributed by atoms with van der Waals surface area (Å²) in [5.41, 5.74) is 0.169. The Morgan fingerprint density at radius 1 is 1.23 bits per heavy atom. The molecule has 4 nitrogen and oxygen atoms in total. The third kappa shape index (κ3) is 3.59. The van der Waals surface area contributed by atoms with Crippen LogP contribution in [0.15, 0.2) is 42.5 Å². The number of carbonyl (C=O) groups is 1. The molecule has 0 aliphatic rings. The van der Waals surface area contributed by atoms with Gasteiger partial charge < -0.3 is 15.2 Å². The maximum absolute atomic E-state index is 13.5. The Bertz CT molecular complexity index is 659. The van der Waals surface area contributed by atoms with E-state index in [-0.39, 0.29) is 6.54 Å². The molecule has 0 radical (unpaired) electrons. The Morgan fingerprint density at radius 2 is 1.91 bits per heavy atom. The van der Waals surface area contributed by atoms with Crippen LogP contribution in [0.25, 0.3) is 0 Å². The van der Waals surface area contributed by atoms with Crippen molar-refractivity contribution in [1.82, 2.24) is 5.32 Å². The second-order valence-electron chi connectivity index (χ2n) is 4.60. The quantitative estimate of drug-likeness (QED) is 0.892. The molecular weight excluding hydrogens is 292 g/mol. The second kappa shape index (κ2) is 7.00. The second-order valence-corrected chi connectivity index (χ2v) is 4.60. The number of hydrogen-bond acceptors (Lipinski definition) is 3. The van der Waals surface area contributed by atoms with Gasteiger partial charge in [0.25, 0.3) is 5.91 Å². The minimum atomic E-state index is -1.21. The van der Waals surface area contributed by atoms with Crippen LogP contribution in [0.3, 0.4) is 0 Å². The molecule has 0 spiro atoms. The number of halogens is 2. The van der Waals surface area contributed by atoms with Gasteiger partial charge in [-0.2, -0.15) is 0 Å². The van der Waals surface area contributed by atoms with Crippen LogP contribution in [0.5, 0.6) is 5.75 Å². The lowest BCUT2D eigenvalue weighted by atomic mass is 10.1. The zero-order valence-corrected chi connectivity index (χ0v) is 11.8. The normalized spacial score (nSPS) is 11.8. The van der Waals surface area contributed by atoms with Gasteiger partial charge in [0.1, 0.15) is 5.75 Å². The first-order valence-electron chi connectivity index (χ1n) is 6.57. The van der Waals surface area contributed by atoms with Gasteiger partial charge in [0.2, 0.25) is 0 Å². The average molecular weight is 307 g/mol. The number of nitrogens with one attached hydrogen (secondary N) is 1. The molecule has 0 aliphatic carbocycles. The van der Waals surface area contributed by atoms with Crippen molar-refractivity contribution in [2.24, 2.45) is 0 Å². The number of aliphatic hydroxyl groups excluding tert-OH is 1. The van der Waals surface area contributed by atoms with Crippen molar-refractivity contribution in [3.8, 4) is 5.75 Å². The van der Waals surface area contributed by atoms with E-state index in [1.165, 1.54) is 19.2 Å². The predicted molar refractivity (Wildman–Crippen MR) is 76.6 cm³/mol. The van der Waals surface area contributed by atoms with Gasteiger partial charge in [0.15, 0.2) is 11.6 Å². The van der Waals surface area contributed by atoms with Gasteiger partial charge in [-0.15, -0.1) is 0 Å². The van der Waals surface area contributed by atoms with E-state index in [1.807, 2.05) is 0 Å². The van der Waals surface area contributed by atoms with E-state index in [4.69, 9.17) is 4.74 Å². The fourth-order valence-electron chi connectivity index (χ4n) is 1.91. The molecule has 0 saturated carbocycles. The lowest BCUT2D eigenvalue weighted by molar-refractivity contribution is 0.0911. The Morgan fingerprint density at radius 3 is 2.55 bits per heavy atom. The van der Waals surface area contributed by atoms with Crippen LogP contribution in [0.2, 0.25) is 0 Å². The maximum atomic E-state index is 13.5. The first-order chi connectivity index (χ1) is 10.5. The summed E-state index contributed by atoms with van der Waals surface area (Å²) in [5.74, 6) is -2.45. The van der Waals surface area contributed by atoms with Crippen molar-refractivity contribution in [2.45, 2.75) is 6.10 Å². The molecule has 0 fully saturated rings. The zero-order valence-electron chi connectivity index (χ0n) is 11.8. The summed E-state index contributed by atoms with van der Waals surface area (Å²) < 4.78 is 31.5. The van der Waals surface area contributed by atoms with Gasteiger partial charge >= 0.3 is 0 Å². The van der Waals surface area contributed by atoms with Gasteiger partial charge in [0, 0.05) is 6.54 Å². The smallest absolute Gasteiger partial charge is 0.254 e. The number of amides is 1. The van der Waals surface area contributed by atoms with Gasteiger partial charge in [-0.05, 0) is 29.8 Å².